The van der Waals surface area contributed by atoms with Crippen molar-refractivity contribution >= 4 is 17.5 Å². The number of benzene rings is 1. The van der Waals surface area contributed by atoms with E-state index in [4.69, 9.17) is 0 Å². The van der Waals surface area contributed by atoms with Crippen molar-refractivity contribution in [3.63, 3.8) is 0 Å². The van der Waals surface area contributed by atoms with Crippen molar-refractivity contribution in [1.29, 1.82) is 0 Å². The minimum absolute atomic E-state index is 0.0420. The van der Waals surface area contributed by atoms with Gasteiger partial charge in [-0.3, -0.25) is 14.7 Å². The van der Waals surface area contributed by atoms with E-state index in [9.17, 15) is 9.59 Å². The maximum absolute atomic E-state index is 12.3. The SMILES string of the molecule is CN(Cc1ncn[nH]1)C(=O)c1ccc2c(c1)CC(=O)N2. The van der Waals surface area contributed by atoms with Crippen LogP contribution in [0.5, 0.6) is 0 Å². The number of carbonyl (C=O) groups is 2. The number of anilines is 1. The van der Waals surface area contributed by atoms with Gasteiger partial charge in [0.1, 0.15) is 12.2 Å². The summed E-state index contributed by atoms with van der Waals surface area (Å²) in [6, 6.07) is 5.23. The average molecular weight is 271 g/mol. The lowest BCUT2D eigenvalue weighted by atomic mass is 10.1. The highest BCUT2D eigenvalue weighted by molar-refractivity contribution is 6.01. The number of hydrogen-bond donors (Lipinski definition) is 2. The van der Waals surface area contributed by atoms with Gasteiger partial charge >= 0.3 is 0 Å². The Hall–Kier alpha value is -2.70. The van der Waals surface area contributed by atoms with E-state index >= 15 is 0 Å². The molecule has 0 fully saturated rings. The Morgan fingerprint density at radius 2 is 2.30 bits per heavy atom. The first kappa shape index (κ1) is 12.3. The zero-order valence-corrected chi connectivity index (χ0v) is 10.9. The van der Waals surface area contributed by atoms with Crippen LogP contribution in [0.1, 0.15) is 21.7 Å². The molecule has 102 valence electrons. The second kappa shape index (κ2) is 4.76. The number of amides is 2. The molecule has 1 aromatic carbocycles. The fraction of sp³-hybridized carbons (Fsp3) is 0.231. The number of carbonyl (C=O) groups excluding carboxylic acids is 2. The highest BCUT2D eigenvalue weighted by Gasteiger charge is 2.20. The normalized spacial score (nSPS) is 12.9. The third kappa shape index (κ3) is 2.25. The van der Waals surface area contributed by atoms with E-state index in [1.165, 1.54) is 6.33 Å². The summed E-state index contributed by atoms with van der Waals surface area (Å²) >= 11 is 0. The van der Waals surface area contributed by atoms with E-state index in [1.54, 1.807) is 30.1 Å². The maximum atomic E-state index is 12.3. The topological polar surface area (TPSA) is 91.0 Å². The molecule has 0 bridgehead atoms. The van der Waals surface area contributed by atoms with E-state index in [2.05, 4.69) is 20.5 Å². The fourth-order valence-electron chi connectivity index (χ4n) is 2.19. The molecular weight excluding hydrogens is 258 g/mol. The zero-order valence-electron chi connectivity index (χ0n) is 10.9. The first-order valence-electron chi connectivity index (χ1n) is 6.16. The number of hydrogen-bond acceptors (Lipinski definition) is 4. The lowest BCUT2D eigenvalue weighted by Gasteiger charge is -2.16. The molecule has 20 heavy (non-hydrogen) atoms. The van der Waals surface area contributed by atoms with Crippen molar-refractivity contribution in [2.75, 3.05) is 12.4 Å². The summed E-state index contributed by atoms with van der Waals surface area (Å²) in [7, 11) is 1.70. The van der Waals surface area contributed by atoms with Crippen molar-refractivity contribution in [3.05, 3.63) is 41.5 Å². The fourth-order valence-corrected chi connectivity index (χ4v) is 2.19. The predicted octanol–water partition coefficient (Wildman–Crippen LogP) is 0.571. The van der Waals surface area contributed by atoms with Crippen LogP contribution in [0.25, 0.3) is 0 Å². The smallest absolute Gasteiger partial charge is 0.254 e. The Bertz CT molecular complexity index is 665. The minimum Gasteiger partial charge on any atom is -0.334 e. The van der Waals surface area contributed by atoms with E-state index in [0.29, 0.717) is 24.4 Å². The Balaban J connectivity index is 1.77. The minimum atomic E-state index is -0.122. The van der Waals surface area contributed by atoms with Gasteiger partial charge in [0.2, 0.25) is 5.91 Å². The van der Waals surface area contributed by atoms with Crippen LogP contribution in [0, 0.1) is 0 Å². The van der Waals surface area contributed by atoms with Crippen LogP contribution in [-0.4, -0.2) is 38.9 Å². The summed E-state index contributed by atoms with van der Waals surface area (Å²) in [4.78, 5) is 29.1. The van der Waals surface area contributed by atoms with Gasteiger partial charge in [-0.25, -0.2) is 4.98 Å². The molecule has 0 saturated heterocycles. The van der Waals surface area contributed by atoms with Crippen LogP contribution in [0.4, 0.5) is 5.69 Å². The first-order valence-corrected chi connectivity index (χ1v) is 6.16. The van der Waals surface area contributed by atoms with Crippen molar-refractivity contribution < 1.29 is 9.59 Å². The third-order valence-electron chi connectivity index (χ3n) is 3.18. The standard InChI is InChI=1S/C13H13N5O2/c1-18(6-11-14-7-15-17-11)13(20)8-2-3-10-9(4-8)5-12(19)16-10/h2-4,7H,5-6H2,1H3,(H,16,19)(H,14,15,17). The van der Waals surface area contributed by atoms with Gasteiger partial charge in [0, 0.05) is 18.3 Å². The number of nitrogens with zero attached hydrogens (tertiary/aromatic N) is 3. The molecule has 0 spiro atoms. The van der Waals surface area contributed by atoms with Gasteiger partial charge in [0.15, 0.2) is 0 Å². The van der Waals surface area contributed by atoms with Crippen molar-refractivity contribution in [2.24, 2.45) is 0 Å². The summed E-state index contributed by atoms with van der Waals surface area (Å²) in [6.45, 7) is 0.354. The summed E-state index contributed by atoms with van der Waals surface area (Å²) < 4.78 is 0. The van der Waals surface area contributed by atoms with E-state index < -0.39 is 0 Å². The summed E-state index contributed by atoms with van der Waals surface area (Å²) in [5, 5.41) is 9.20. The number of fused-ring (bicyclic) bond motifs is 1. The molecule has 2 N–H and O–H groups in total. The molecule has 2 aromatic rings. The second-order valence-electron chi connectivity index (χ2n) is 4.69. The molecule has 2 amide bonds. The molecule has 1 aliphatic rings. The van der Waals surface area contributed by atoms with Gasteiger partial charge in [-0.05, 0) is 23.8 Å². The third-order valence-corrected chi connectivity index (χ3v) is 3.18. The number of nitrogens with one attached hydrogen (secondary N) is 2. The summed E-state index contributed by atoms with van der Waals surface area (Å²) in [5.41, 5.74) is 2.20. The lowest BCUT2D eigenvalue weighted by molar-refractivity contribution is -0.115. The number of H-pyrrole nitrogens is 1. The lowest BCUT2D eigenvalue weighted by Crippen LogP contribution is -2.26. The molecule has 0 saturated carbocycles. The van der Waals surface area contributed by atoms with E-state index in [1.807, 2.05) is 0 Å². The van der Waals surface area contributed by atoms with Gasteiger partial charge in [-0.2, -0.15) is 5.10 Å². The van der Waals surface area contributed by atoms with Crippen molar-refractivity contribution in [3.8, 4) is 0 Å². The first-order chi connectivity index (χ1) is 9.63. The highest BCUT2D eigenvalue weighted by atomic mass is 16.2. The largest absolute Gasteiger partial charge is 0.334 e. The van der Waals surface area contributed by atoms with Gasteiger partial charge in [-0.15, -0.1) is 0 Å². The predicted molar refractivity (Wildman–Crippen MR) is 71.0 cm³/mol. The van der Waals surface area contributed by atoms with Gasteiger partial charge < -0.3 is 10.2 Å². The summed E-state index contributed by atoms with van der Waals surface area (Å²) in [6.07, 6.45) is 1.72. The number of aromatic amines is 1. The van der Waals surface area contributed by atoms with Crippen LogP contribution in [0.15, 0.2) is 24.5 Å². The van der Waals surface area contributed by atoms with E-state index in [-0.39, 0.29) is 11.8 Å². The Labute approximate surface area is 115 Å². The van der Waals surface area contributed by atoms with Crippen LogP contribution < -0.4 is 5.32 Å². The highest BCUT2D eigenvalue weighted by Crippen LogP contribution is 2.24. The zero-order chi connectivity index (χ0) is 14.1. The molecule has 1 aliphatic heterocycles. The second-order valence-corrected chi connectivity index (χ2v) is 4.69. The number of rotatable bonds is 3. The molecule has 7 nitrogen and oxygen atoms in total. The van der Waals surface area contributed by atoms with Crippen LogP contribution in [0.2, 0.25) is 0 Å². The molecule has 2 heterocycles. The Morgan fingerprint density at radius 3 is 3.05 bits per heavy atom. The maximum Gasteiger partial charge on any atom is 0.254 e. The van der Waals surface area contributed by atoms with Crippen molar-refractivity contribution in [2.45, 2.75) is 13.0 Å². The monoisotopic (exact) mass is 271 g/mol. The van der Waals surface area contributed by atoms with Crippen molar-refractivity contribution in [1.82, 2.24) is 20.1 Å². The van der Waals surface area contributed by atoms with Gasteiger partial charge in [-0.1, -0.05) is 0 Å². The van der Waals surface area contributed by atoms with Gasteiger partial charge in [0.05, 0.1) is 13.0 Å². The molecule has 0 aliphatic carbocycles. The molecular formula is C13H13N5O2. The molecule has 0 atom stereocenters. The molecule has 7 heteroatoms. The molecule has 1 aromatic heterocycles. The Kier molecular flexibility index (Phi) is 2.94. The summed E-state index contributed by atoms with van der Waals surface area (Å²) in [5.74, 6) is 0.460. The Morgan fingerprint density at radius 1 is 1.45 bits per heavy atom. The van der Waals surface area contributed by atoms with Gasteiger partial charge in [0.25, 0.3) is 5.91 Å². The quantitative estimate of drug-likeness (QED) is 0.854. The van der Waals surface area contributed by atoms with Crippen LogP contribution >= 0.6 is 0 Å². The molecule has 3 rings (SSSR count). The molecule has 0 radical (unpaired) electrons. The van der Waals surface area contributed by atoms with Crippen LogP contribution in [0.3, 0.4) is 0 Å². The molecule has 0 unspecified atom stereocenters. The van der Waals surface area contributed by atoms with Crippen LogP contribution in [-0.2, 0) is 17.8 Å². The van der Waals surface area contributed by atoms with E-state index in [0.717, 1.165) is 11.3 Å². The average Bonchev–Trinajstić information content (AvgIpc) is 3.04. The number of aromatic nitrogens is 3.